The monoisotopic (exact) mass is 223 g/mol. The molecule has 1 aliphatic rings. The lowest BCUT2D eigenvalue weighted by Gasteiger charge is -2.29. The van der Waals surface area contributed by atoms with E-state index in [9.17, 15) is 4.79 Å². The number of nitrogens with one attached hydrogen (secondary N) is 1. The van der Waals surface area contributed by atoms with Gasteiger partial charge in [0.25, 0.3) is 0 Å². The van der Waals surface area contributed by atoms with E-state index >= 15 is 0 Å². The normalized spacial score (nSPS) is 25.8. The van der Waals surface area contributed by atoms with Gasteiger partial charge in [-0.25, -0.2) is 0 Å². The number of allylic oxidation sites excluding steroid dienone is 1. The fourth-order valence-electron chi connectivity index (χ4n) is 2.31. The number of hydrogen-bond acceptors (Lipinski definition) is 2. The van der Waals surface area contributed by atoms with Crippen LogP contribution in [0.4, 0.5) is 0 Å². The molecule has 1 aliphatic carbocycles. The Bertz CT molecular complexity index is 249. The number of carbonyl (C=O) groups excluding carboxylic acids is 1. The van der Waals surface area contributed by atoms with E-state index in [2.05, 4.69) is 25.7 Å². The summed E-state index contributed by atoms with van der Waals surface area (Å²) in [5.74, 6) is 1.23. The predicted molar refractivity (Wildman–Crippen MR) is 68.4 cm³/mol. The Balaban J connectivity index is 2.28. The standard InChI is InChI=1S/C14H25NO/c1-10(2)9-15-13-7-5-12(6-8-13)14(16)11(3)4/h10,12-13,15H,3,5-9H2,1-2,4H3. The van der Waals surface area contributed by atoms with Crippen molar-refractivity contribution in [3.8, 4) is 0 Å². The van der Waals surface area contributed by atoms with Crippen molar-refractivity contribution < 1.29 is 4.79 Å². The van der Waals surface area contributed by atoms with Gasteiger partial charge in [0.1, 0.15) is 0 Å². The van der Waals surface area contributed by atoms with Gasteiger partial charge in [-0.1, -0.05) is 20.4 Å². The molecule has 0 heterocycles. The second kappa shape index (κ2) is 6.19. The molecule has 1 N–H and O–H groups in total. The number of Topliss-reactive ketones (excluding diaryl/α,β-unsaturated/α-hetero) is 1. The van der Waals surface area contributed by atoms with Crippen LogP contribution in [0.5, 0.6) is 0 Å². The summed E-state index contributed by atoms with van der Waals surface area (Å²) in [4.78, 5) is 11.8. The summed E-state index contributed by atoms with van der Waals surface area (Å²) in [5, 5.41) is 3.58. The van der Waals surface area contributed by atoms with Gasteiger partial charge in [0.15, 0.2) is 5.78 Å². The van der Waals surface area contributed by atoms with E-state index in [4.69, 9.17) is 0 Å². The minimum Gasteiger partial charge on any atom is -0.314 e. The fourth-order valence-corrected chi connectivity index (χ4v) is 2.31. The van der Waals surface area contributed by atoms with E-state index in [1.807, 2.05) is 6.92 Å². The summed E-state index contributed by atoms with van der Waals surface area (Å²) >= 11 is 0. The predicted octanol–water partition coefficient (Wildman–Crippen LogP) is 2.94. The summed E-state index contributed by atoms with van der Waals surface area (Å²) in [6, 6.07) is 0.622. The highest BCUT2D eigenvalue weighted by Gasteiger charge is 2.25. The van der Waals surface area contributed by atoms with Gasteiger partial charge in [-0.15, -0.1) is 0 Å². The zero-order valence-electron chi connectivity index (χ0n) is 10.9. The highest BCUT2D eigenvalue weighted by atomic mass is 16.1. The molecule has 2 heteroatoms. The summed E-state index contributed by atoms with van der Waals surface area (Å²) in [6.45, 7) is 11.1. The molecule has 2 nitrogen and oxygen atoms in total. The van der Waals surface area contributed by atoms with E-state index in [0.717, 1.165) is 37.8 Å². The maximum atomic E-state index is 11.8. The van der Waals surface area contributed by atoms with Gasteiger partial charge < -0.3 is 5.32 Å². The van der Waals surface area contributed by atoms with Gasteiger partial charge in [-0.2, -0.15) is 0 Å². The Kier molecular flexibility index (Phi) is 5.20. The Labute approximate surface area is 99.5 Å². The van der Waals surface area contributed by atoms with Gasteiger partial charge in [0.05, 0.1) is 0 Å². The van der Waals surface area contributed by atoms with Crippen LogP contribution < -0.4 is 5.32 Å². The van der Waals surface area contributed by atoms with Crippen molar-refractivity contribution in [1.29, 1.82) is 0 Å². The van der Waals surface area contributed by atoms with Crippen LogP contribution >= 0.6 is 0 Å². The average Bonchev–Trinajstić information content (AvgIpc) is 2.26. The molecule has 0 spiro atoms. The maximum Gasteiger partial charge on any atom is 0.161 e. The van der Waals surface area contributed by atoms with Crippen LogP contribution in [0.15, 0.2) is 12.2 Å². The van der Waals surface area contributed by atoms with Crippen molar-refractivity contribution >= 4 is 5.78 Å². The number of hydrogen-bond donors (Lipinski definition) is 1. The van der Waals surface area contributed by atoms with E-state index < -0.39 is 0 Å². The van der Waals surface area contributed by atoms with Crippen molar-refractivity contribution in [2.75, 3.05) is 6.54 Å². The molecule has 0 unspecified atom stereocenters. The SMILES string of the molecule is C=C(C)C(=O)C1CCC(NCC(C)C)CC1. The highest BCUT2D eigenvalue weighted by Crippen LogP contribution is 2.26. The number of ketones is 1. The van der Waals surface area contributed by atoms with Crippen molar-refractivity contribution in [3.05, 3.63) is 12.2 Å². The zero-order chi connectivity index (χ0) is 12.1. The quantitative estimate of drug-likeness (QED) is 0.726. The van der Waals surface area contributed by atoms with Crippen molar-refractivity contribution in [2.45, 2.75) is 52.5 Å². The van der Waals surface area contributed by atoms with Gasteiger partial charge >= 0.3 is 0 Å². The average molecular weight is 223 g/mol. The molecule has 0 amide bonds. The lowest BCUT2D eigenvalue weighted by molar-refractivity contribution is -0.120. The van der Waals surface area contributed by atoms with E-state index in [1.165, 1.54) is 0 Å². The second-order valence-electron chi connectivity index (χ2n) is 5.50. The largest absolute Gasteiger partial charge is 0.314 e. The molecule has 0 aromatic rings. The van der Waals surface area contributed by atoms with E-state index in [1.54, 1.807) is 0 Å². The van der Waals surface area contributed by atoms with Crippen LogP contribution in [0.3, 0.4) is 0 Å². The fraction of sp³-hybridized carbons (Fsp3) is 0.786. The summed E-state index contributed by atoms with van der Waals surface area (Å²) in [5.41, 5.74) is 0.721. The summed E-state index contributed by atoms with van der Waals surface area (Å²) in [7, 11) is 0. The minimum atomic E-state index is 0.245. The Morgan fingerprint density at radius 1 is 1.31 bits per heavy atom. The van der Waals surface area contributed by atoms with E-state index in [-0.39, 0.29) is 11.7 Å². The lowest BCUT2D eigenvalue weighted by Crippen LogP contribution is -2.36. The van der Waals surface area contributed by atoms with E-state index in [0.29, 0.717) is 12.0 Å². The highest BCUT2D eigenvalue weighted by molar-refractivity contribution is 5.96. The Hall–Kier alpha value is -0.630. The lowest BCUT2D eigenvalue weighted by atomic mass is 9.82. The third-order valence-electron chi connectivity index (χ3n) is 3.33. The minimum absolute atomic E-state index is 0.245. The van der Waals surface area contributed by atoms with Crippen LogP contribution in [-0.4, -0.2) is 18.4 Å². The molecule has 1 saturated carbocycles. The second-order valence-corrected chi connectivity index (χ2v) is 5.50. The maximum absolute atomic E-state index is 11.8. The molecule has 0 atom stereocenters. The topological polar surface area (TPSA) is 29.1 Å². The molecular formula is C14H25NO. The molecule has 92 valence electrons. The Morgan fingerprint density at radius 2 is 1.88 bits per heavy atom. The first-order valence-corrected chi connectivity index (χ1v) is 6.43. The molecule has 0 radical (unpaired) electrons. The van der Waals surface area contributed by atoms with Crippen molar-refractivity contribution in [1.82, 2.24) is 5.32 Å². The van der Waals surface area contributed by atoms with Gasteiger partial charge in [-0.3, -0.25) is 4.79 Å². The first kappa shape index (κ1) is 13.4. The molecule has 0 bridgehead atoms. The third kappa shape index (κ3) is 4.09. The molecule has 0 aromatic heterocycles. The molecule has 1 rings (SSSR count). The molecule has 0 aromatic carbocycles. The van der Waals surface area contributed by atoms with Crippen LogP contribution in [0.25, 0.3) is 0 Å². The van der Waals surface area contributed by atoms with Gasteiger partial charge in [0, 0.05) is 12.0 Å². The van der Waals surface area contributed by atoms with Crippen LogP contribution in [0.1, 0.15) is 46.5 Å². The number of rotatable bonds is 5. The smallest absolute Gasteiger partial charge is 0.161 e. The zero-order valence-corrected chi connectivity index (χ0v) is 10.9. The van der Waals surface area contributed by atoms with Gasteiger partial charge in [-0.05, 0) is 50.6 Å². The molecule has 0 aliphatic heterocycles. The van der Waals surface area contributed by atoms with Crippen LogP contribution in [0.2, 0.25) is 0 Å². The molecule has 1 fully saturated rings. The van der Waals surface area contributed by atoms with Gasteiger partial charge in [0.2, 0.25) is 0 Å². The molecule has 0 saturated heterocycles. The first-order valence-electron chi connectivity index (χ1n) is 6.43. The first-order chi connectivity index (χ1) is 7.50. The third-order valence-corrected chi connectivity index (χ3v) is 3.33. The summed E-state index contributed by atoms with van der Waals surface area (Å²) < 4.78 is 0. The van der Waals surface area contributed by atoms with Crippen LogP contribution in [0, 0.1) is 11.8 Å². The Morgan fingerprint density at radius 3 is 2.31 bits per heavy atom. The van der Waals surface area contributed by atoms with Crippen LogP contribution in [-0.2, 0) is 4.79 Å². The molecule has 16 heavy (non-hydrogen) atoms. The van der Waals surface area contributed by atoms with Crippen molar-refractivity contribution in [3.63, 3.8) is 0 Å². The summed E-state index contributed by atoms with van der Waals surface area (Å²) in [6.07, 6.45) is 4.33. The number of carbonyl (C=O) groups is 1. The van der Waals surface area contributed by atoms with Crippen molar-refractivity contribution in [2.24, 2.45) is 11.8 Å². The molecular weight excluding hydrogens is 198 g/mol.